The second kappa shape index (κ2) is 17.1. The van der Waals surface area contributed by atoms with Gasteiger partial charge in [-0.25, -0.2) is 0 Å². The van der Waals surface area contributed by atoms with Crippen LogP contribution >= 0.6 is 0 Å². The van der Waals surface area contributed by atoms with Crippen LogP contribution in [-0.4, -0.2) is 15.8 Å². The van der Waals surface area contributed by atoms with Crippen LogP contribution in [0, 0.1) is 0 Å². The molecule has 8 heteroatoms. The molecular formula is C78H45BN4O3. The predicted octanol–water partition coefficient (Wildman–Crippen LogP) is 19.3. The lowest BCUT2D eigenvalue weighted by molar-refractivity contribution is 0.668. The van der Waals surface area contributed by atoms with Gasteiger partial charge in [0, 0.05) is 77.2 Å². The largest absolute Gasteiger partial charge is 0.456 e. The number of nitrogens with zero attached hydrogens (tertiary/aromatic N) is 4. The number of furan rings is 3. The molecule has 13 aromatic carbocycles. The molecule has 0 spiro atoms. The van der Waals surface area contributed by atoms with Crippen molar-refractivity contribution >= 4 is 167 Å². The average Bonchev–Trinajstić information content (AvgIpc) is 0.966. The highest BCUT2D eigenvalue weighted by Crippen LogP contribution is 2.52. The monoisotopic (exact) mass is 1120 g/mol. The minimum atomic E-state index is -1.63. The Morgan fingerprint density at radius 1 is 0.302 bits per heavy atom. The molecule has 2 aliphatic rings. The van der Waals surface area contributed by atoms with Gasteiger partial charge < -0.3 is 32.2 Å². The van der Waals surface area contributed by atoms with Gasteiger partial charge in [-0.15, -0.1) is 0 Å². The second-order valence-corrected chi connectivity index (χ2v) is 21.4. The number of rotatable bonds is 5. The summed E-state index contributed by atoms with van der Waals surface area (Å²) < 4.78 is 236. The molecule has 0 bridgehead atoms. The van der Waals surface area contributed by atoms with Crippen LogP contribution in [0.15, 0.2) is 286 Å². The Hall–Kier alpha value is -11.5. The molecule has 86 heavy (non-hydrogen) atoms. The molecule has 0 unspecified atom stereocenters. The van der Waals surface area contributed by atoms with E-state index >= 15 is 0 Å². The van der Waals surface area contributed by atoms with E-state index < -0.39 is 173 Å². The molecule has 0 atom stereocenters. The first-order valence-electron chi connectivity index (χ1n) is 38.6. The van der Waals surface area contributed by atoms with Crippen molar-refractivity contribution in [1.29, 1.82) is 0 Å². The van der Waals surface area contributed by atoms with Crippen LogP contribution < -0.4 is 26.2 Å². The third-order valence-corrected chi connectivity index (χ3v) is 17.0. The smallest absolute Gasteiger partial charge is 0.252 e. The van der Waals surface area contributed by atoms with Gasteiger partial charge in [-0.1, -0.05) is 157 Å². The molecule has 5 aromatic heterocycles. The molecular weight excluding hydrogens is 1050 g/mol. The first-order valence-corrected chi connectivity index (χ1v) is 27.6. The molecule has 0 aliphatic carbocycles. The molecule has 20 rings (SSSR count). The summed E-state index contributed by atoms with van der Waals surface area (Å²) in [4.78, 5) is 3.45. The van der Waals surface area contributed by atoms with Gasteiger partial charge in [-0.05, 0) is 143 Å². The van der Waals surface area contributed by atoms with Crippen molar-refractivity contribution < 1.29 is 43.4 Å². The maximum Gasteiger partial charge on any atom is 0.252 e. The normalized spacial score (nSPS) is 16.6. The molecule has 7 nitrogen and oxygen atoms in total. The minimum absolute atomic E-state index is 0.191. The van der Waals surface area contributed by atoms with E-state index in [1.807, 2.05) is 78.9 Å². The van der Waals surface area contributed by atoms with Crippen molar-refractivity contribution in [2.24, 2.45) is 0 Å². The predicted molar refractivity (Wildman–Crippen MR) is 356 cm³/mol. The number of fused-ring (bicyclic) bond motifs is 19. The van der Waals surface area contributed by atoms with Crippen molar-refractivity contribution in [3.8, 4) is 22.5 Å². The number of aromatic nitrogens is 2. The quantitative estimate of drug-likeness (QED) is 0.161. The molecule has 0 saturated carbocycles. The van der Waals surface area contributed by atoms with Gasteiger partial charge in [-0.3, -0.25) is 0 Å². The summed E-state index contributed by atoms with van der Waals surface area (Å²) in [7, 11) is 0. The third kappa shape index (κ3) is 6.21. The lowest BCUT2D eigenvalue weighted by Gasteiger charge is -2.45. The fraction of sp³-hybridized carbons (Fsp3) is 0. The van der Waals surface area contributed by atoms with Gasteiger partial charge in [0.2, 0.25) is 0 Å². The van der Waals surface area contributed by atoms with Crippen molar-refractivity contribution in [3.63, 3.8) is 0 Å². The second-order valence-electron chi connectivity index (χ2n) is 21.4. The van der Waals surface area contributed by atoms with E-state index in [1.165, 1.54) is 0 Å². The van der Waals surface area contributed by atoms with Gasteiger partial charge in [0.1, 0.15) is 33.5 Å². The SMILES string of the molecule is [2H]c1c([2H])c(-n2c3c([2H])c([2H])c([2H])c([2H])c3c3c([2H])c([2H])c([2H])c([2H])c32)c([2H])c2c1B1c3c(cc(-c4ccc5oc6ccccc6c5c4)cc3N(c3cccc4oc5ccccc5c34)c3c([2H])c(-n4c5c([2H])c([2H])c([2H])c([2H])c5c5c([2H])c([2H])c([2H])c([2H])c54)c([2H])c([2H])c31)N2c1cccc2oc3ccccc3c12. The number of hydrogen-bond acceptors (Lipinski definition) is 5. The minimum Gasteiger partial charge on any atom is -0.456 e. The number of benzene rings is 13. The van der Waals surface area contributed by atoms with E-state index in [0.717, 1.165) is 14.5 Å². The molecule has 18 aromatic rings. The molecule has 7 heterocycles. The first-order chi connectivity index (χ1) is 51.8. The van der Waals surface area contributed by atoms with E-state index in [2.05, 4.69) is 0 Å². The van der Waals surface area contributed by atoms with Gasteiger partial charge in [0.15, 0.2) is 0 Å². The molecule has 2 aliphatic heterocycles. The highest BCUT2D eigenvalue weighted by molar-refractivity contribution is 7.00. The average molecular weight is 1120 g/mol. The lowest BCUT2D eigenvalue weighted by Crippen LogP contribution is -2.61. The number of para-hydroxylation sites is 7. The topological polar surface area (TPSA) is 55.8 Å². The van der Waals surface area contributed by atoms with Crippen LogP contribution in [0.4, 0.5) is 34.1 Å². The fourth-order valence-corrected chi connectivity index (χ4v) is 13.5. The maximum absolute atomic E-state index is 11.3. The van der Waals surface area contributed by atoms with Gasteiger partial charge in [-0.2, -0.15) is 0 Å². The van der Waals surface area contributed by atoms with Crippen molar-refractivity contribution in [2.75, 3.05) is 9.80 Å². The molecule has 0 saturated heterocycles. The molecule has 0 N–H and O–H groups in total. The zero-order chi connectivity index (χ0) is 75.0. The van der Waals surface area contributed by atoms with E-state index in [1.54, 1.807) is 70.5 Å². The standard InChI is InChI=1S/C78H45BN4O3/c1-8-24-60-50(17-1)51-18-2-9-25-61(51)80(60)48-36-38-58-66(44-48)82(64-28-15-33-74-76(64)55-22-6-13-31-71(55)85-74)68-42-47(46-35-40-73-57(41-46)54-21-5-12-30-70(54)84-73)43-69-78(68)79(58)59-39-37-49(81-62-26-10-3-19-52(62)53-20-4-11-27-63(53)81)45-67(59)83(69)65-29-16-34-75-77(65)56-23-7-14-32-72(56)86-75/h1-45H/i1D,2D,3D,4D,8D,9D,10D,11D,17D,18D,19D,20D,24D,25D,26D,27D,36D,37D,38D,39D,44D,45D. The highest BCUT2D eigenvalue weighted by Gasteiger charge is 2.45. The maximum atomic E-state index is 11.3. The fourth-order valence-electron chi connectivity index (χ4n) is 13.5. The van der Waals surface area contributed by atoms with E-state index in [-0.39, 0.29) is 60.7 Å². The Kier molecular flexibility index (Phi) is 5.99. The Morgan fingerprint density at radius 3 is 1.20 bits per heavy atom. The molecule has 0 radical (unpaired) electrons. The zero-order valence-corrected chi connectivity index (χ0v) is 44.4. The summed E-state index contributed by atoms with van der Waals surface area (Å²) in [5.74, 6) is 0. The Bertz CT molecular complexity index is 6820. The zero-order valence-electron chi connectivity index (χ0n) is 66.4. The van der Waals surface area contributed by atoms with Gasteiger partial charge in [0.25, 0.3) is 6.71 Å². The van der Waals surface area contributed by atoms with Crippen LogP contribution in [0.3, 0.4) is 0 Å². The lowest BCUT2D eigenvalue weighted by atomic mass is 9.33. The molecule has 0 fully saturated rings. The summed E-state index contributed by atoms with van der Waals surface area (Å²) in [6, 6.07) is 25.7. The summed E-state index contributed by atoms with van der Waals surface area (Å²) in [6.07, 6.45) is 0. The van der Waals surface area contributed by atoms with E-state index in [9.17, 15) is 19.2 Å². The van der Waals surface area contributed by atoms with Crippen LogP contribution in [0.2, 0.25) is 0 Å². The van der Waals surface area contributed by atoms with Crippen LogP contribution in [0.5, 0.6) is 0 Å². The Balaban J connectivity index is 1.03. The van der Waals surface area contributed by atoms with E-state index in [0.29, 0.717) is 82.9 Å². The molecule has 398 valence electrons. The van der Waals surface area contributed by atoms with Crippen LogP contribution in [0.1, 0.15) is 30.2 Å². The van der Waals surface area contributed by atoms with E-state index in [4.69, 9.17) is 24.2 Å². The summed E-state index contributed by atoms with van der Waals surface area (Å²) in [6.45, 7) is -1.63. The van der Waals surface area contributed by atoms with Crippen LogP contribution in [0.25, 0.3) is 132 Å². The summed E-state index contributed by atoms with van der Waals surface area (Å²) in [5, 5.41) is 2.15. The Labute approximate surface area is 522 Å². The summed E-state index contributed by atoms with van der Waals surface area (Å²) in [5.41, 5.74) is 1.40. The third-order valence-electron chi connectivity index (χ3n) is 17.0. The summed E-state index contributed by atoms with van der Waals surface area (Å²) >= 11 is 0. The first kappa shape index (κ1) is 30.2. The number of anilines is 6. The Morgan fingerprint density at radius 2 is 0.709 bits per heavy atom. The highest BCUT2D eigenvalue weighted by atomic mass is 16.3. The molecule has 0 amide bonds. The number of hydrogen-bond donors (Lipinski definition) is 0. The van der Waals surface area contributed by atoms with Crippen molar-refractivity contribution in [2.45, 2.75) is 0 Å². The van der Waals surface area contributed by atoms with Gasteiger partial charge >= 0.3 is 0 Å². The van der Waals surface area contributed by atoms with Gasteiger partial charge in [0.05, 0.1) is 74.4 Å². The van der Waals surface area contributed by atoms with Crippen molar-refractivity contribution in [3.05, 3.63) is 272 Å². The van der Waals surface area contributed by atoms with Crippen molar-refractivity contribution in [1.82, 2.24) is 9.13 Å². The van der Waals surface area contributed by atoms with Crippen LogP contribution in [-0.2, 0) is 0 Å².